The standard InChI is InChI=1S/C13H20BrN3O2/c1-9(7-10-3-4-10)16-11-8-15-17(5-6-19-2)13(18)12(11)14/h8-10,16H,3-7H2,1-2H3. The molecule has 0 spiro atoms. The molecule has 0 saturated heterocycles. The van der Waals surface area contributed by atoms with E-state index in [-0.39, 0.29) is 5.56 Å². The lowest BCUT2D eigenvalue weighted by Gasteiger charge is -2.16. The largest absolute Gasteiger partial charge is 0.383 e. The van der Waals surface area contributed by atoms with Gasteiger partial charge in [0.05, 0.1) is 25.0 Å². The Morgan fingerprint density at radius 1 is 1.63 bits per heavy atom. The van der Waals surface area contributed by atoms with E-state index in [0.29, 0.717) is 23.7 Å². The fraction of sp³-hybridized carbons (Fsp3) is 0.692. The third-order valence-electron chi connectivity index (χ3n) is 3.28. The van der Waals surface area contributed by atoms with Gasteiger partial charge in [-0.25, -0.2) is 4.68 Å². The third kappa shape index (κ3) is 4.04. The van der Waals surface area contributed by atoms with Crippen LogP contribution in [0, 0.1) is 5.92 Å². The molecule has 0 aromatic carbocycles. The summed E-state index contributed by atoms with van der Waals surface area (Å²) in [6.45, 7) is 3.08. The Bertz CT molecular complexity index is 485. The van der Waals surface area contributed by atoms with Gasteiger partial charge in [0.15, 0.2) is 0 Å². The van der Waals surface area contributed by atoms with Gasteiger partial charge >= 0.3 is 0 Å². The molecular formula is C13H20BrN3O2. The third-order valence-corrected chi connectivity index (χ3v) is 4.04. The van der Waals surface area contributed by atoms with Crippen LogP contribution >= 0.6 is 15.9 Å². The van der Waals surface area contributed by atoms with Gasteiger partial charge in [-0.2, -0.15) is 5.10 Å². The molecule has 1 unspecified atom stereocenters. The summed E-state index contributed by atoms with van der Waals surface area (Å²) >= 11 is 3.36. The molecule has 2 rings (SSSR count). The van der Waals surface area contributed by atoms with E-state index in [9.17, 15) is 4.79 Å². The van der Waals surface area contributed by atoms with Crippen molar-refractivity contribution in [2.75, 3.05) is 19.0 Å². The van der Waals surface area contributed by atoms with E-state index in [1.807, 2.05) is 0 Å². The maximum Gasteiger partial charge on any atom is 0.283 e. The topological polar surface area (TPSA) is 56.1 Å². The van der Waals surface area contributed by atoms with Crippen LogP contribution in [0.2, 0.25) is 0 Å². The summed E-state index contributed by atoms with van der Waals surface area (Å²) in [5.74, 6) is 0.858. The van der Waals surface area contributed by atoms with E-state index in [1.165, 1.54) is 17.5 Å². The zero-order chi connectivity index (χ0) is 13.8. The highest BCUT2D eigenvalue weighted by molar-refractivity contribution is 9.10. The van der Waals surface area contributed by atoms with Crippen molar-refractivity contribution < 1.29 is 4.74 Å². The number of hydrogen-bond donors (Lipinski definition) is 1. The van der Waals surface area contributed by atoms with Crippen LogP contribution < -0.4 is 10.9 Å². The van der Waals surface area contributed by atoms with E-state index in [0.717, 1.165) is 18.0 Å². The lowest BCUT2D eigenvalue weighted by molar-refractivity contribution is 0.181. The molecule has 106 valence electrons. The van der Waals surface area contributed by atoms with Gasteiger partial charge in [0.2, 0.25) is 0 Å². The number of ether oxygens (including phenoxy) is 1. The minimum atomic E-state index is -0.124. The summed E-state index contributed by atoms with van der Waals surface area (Å²) in [4.78, 5) is 12.1. The molecule has 6 heteroatoms. The Morgan fingerprint density at radius 2 is 2.37 bits per heavy atom. The van der Waals surface area contributed by atoms with Crippen molar-refractivity contribution in [3.63, 3.8) is 0 Å². The first kappa shape index (κ1) is 14.5. The number of halogens is 1. The smallest absolute Gasteiger partial charge is 0.283 e. The summed E-state index contributed by atoms with van der Waals surface area (Å²) < 4.78 is 6.91. The fourth-order valence-electron chi connectivity index (χ4n) is 2.08. The molecule has 1 saturated carbocycles. The molecule has 5 nitrogen and oxygen atoms in total. The monoisotopic (exact) mass is 329 g/mol. The molecule has 1 N–H and O–H groups in total. The van der Waals surface area contributed by atoms with E-state index in [1.54, 1.807) is 13.3 Å². The van der Waals surface area contributed by atoms with E-state index in [2.05, 4.69) is 33.3 Å². The van der Waals surface area contributed by atoms with Crippen molar-refractivity contribution in [2.45, 2.75) is 38.8 Å². The highest BCUT2D eigenvalue weighted by Crippen LogP contribution is 2.34. The van der Waals surface area contributed by atoms with Crippen LogP contribution in [0.1, 0.15) is 26.2 Å². The predicted octanol–water partition coefficient (Wildman–Crippen LogP) is 2.25. The quantitative estimate of drug-likeness (QED) is 0.833. The Hall–Kier alpha value is -0.880. The van der Waals surface area contributed by atoms with Gasteiger partial charge in [0.25, 0.3) is 5.56 Å². The number of nitrogens with zero attached hydrogens (tertiary/aromatic N) is 2. The number of methoxy groups -OCH3 is 1. The van der Waals surface area contributed by atoms with Crippen molar-refractivity contribution >= 4 is 21.6 Å². The highest BCUT2D eigenvalue weighted by atomic mass is 79.9. The van der Waals surface area contributed by atoms with Gasteiger partial charge in [-0.3, -0.25) is 4.79 Å². The van der Waals surface area contributed by atoms with E-state index < -0.39 is 0 Å². The average molecular weight is 330 g/mol. The van der Waals surface area contributed by atoms with Gasteiger partial charge in [-0.1, -0.05) is 12.8 Å². The second-order valence-corrected chi connectivity index (χ2v) is 5.91. The Balaban J connectivity index is 2.04. The minimum absolute atomic E-state index is 0.124. The number of aromatic nitrogens is 2. The SMILES string of the molecule is COCCn1ncc(NC(C)CC2CC2)c(Br)c1=O. The molecule has 1 aliphatic carbocycles. The number of rotatable bonds is 7. The number of hydrogen-bond acceptors (Lipinski definition) is 4. The summed E-state index contributed by atoms with van der Waals surface area (Å²) in [6, 6.07) is 0.361. The molecule has 1 heterocycles. The fourth-order valence-corrected chi connectivity index (χ4v) is 2.50. The highest BCUT2D eigenvalue weighted by Gasteiger charge is 2.24. The van der Waals surface area contributed by atoms with Gasteiger partial charge in [0, 0.05) is 13.2 Å². The predicted molar refractivity (Wildman–Crippen MR) is 78.5 cm³/mol. The second kappa shape index (κ2) is 6.52. The summed E-state index contributed by atoms with van der Waals surface area (Å²) in [6.07, 6.45) is 5.53. The Labute approximate surface area is 121 Å². The van der Waals surface area contributed by atoms with Crippen LogP contribution in [0.25, 0.3) is 0 Å². The minimum Gasteiger partial charge on any atom is -0.383 e. The van der Waals surface area contributed by atoms with Crippen molar-refractivity contribution in [2.24, 2.45) is 5.92 Å². The molecule has 0 aliphatic heterocycles. The maximum atomic E-state index is 12.1. The first-order valence-electron chi connectivity index (χ1n) is 6.63. The molecule has 0 bridgehead atoms. The first-order valence-corrected chi connectivity index (χ1v) is 7.42. The molecule has 0 amide bonds. The van der Waals surface area contributed by atoms with Gasteiger partial charge < -0.3 is 10.1 Å². The summed E-state index contributed by atoms with van der Waals surface area (Å²) in [5.41, 5.74) is 0.646. The molecule has 1 aliphatic rings. The molecule has 1 atom stereocenters. The van der Waals surface area contributed by atoms with Crippen LogP contribution in [0.5, 0.6) is 0 Å². The number of nitrogens with one attached hydrogen (secondary N) is 1. The Kier molecular flexibility index (Phi) is 4.99. The second-order valence-electron chi connectivity index (χ2n) is 5.12. The molecule has 19 heavy (non-hydrogen) atoms. The normalized spacial score (nSPS) is 16.4. The first-order chi connectivity index (χ1) is 9.11. The molecule has 1 fully saturated rings. The molecule has 0 radical (unpaired) electrons. The van der Waals surface area contributed by atoms with Gasteiger partial charge in [-0.05, 0) is 35.2 Å². The lowest BCUT2D eigenvalue weighted by Crippen LogP contribution is -2.27. The van der Waals surface area contributed by atoms with Crippen molar-refractivity contribution in [1.29, 1.82) is 0 Å². The molecule has 1 aromatic rings. The summed E-state index contributed by atoms with van der Waals surface area (Å²) in [5, 5.41) is 7.51. The van der Waals surface area contributed by atoms with E-state index in [4.69, 9.17) is 4.74 Å². The van der Waals surface area contributed by atoms with Crippen LogP contribution in [-0.2, 0) is 11.3 Å². The van der Waals surface area contributed by atoms with Crippen LogP contribution in [-0.4, -0.2) is 29.5 Å². The summed E-state index contributed by atoms with van der Waals surface area (Å²) in [7, 11) is 1.61. The van der Waals surface area contributed by atoms with Crippen LogP contribution in [0.4, 0.5) is 5.69 Å². The zero-order valence-corrected chi connectivity index (χ0v) is 12.9. The zero-order valence-electron chi connectivity index (χ0n) is 11.4. The van der Waals surface area contributed by atoms with Crippen LogP contribution in [0.3, 0.4) is 0 Å². The molecule has 1 aromatic heterocycles. The maximum absolute atomic E-state index is 12.1. The Morgan fingerprint density at radius 3 is 3.00 bits per heavy atom. The van der Waals surface area contributed by atoms with Crippen molar-refractivity contribution in [3.05, 3.63) is 21.0 Å². The molecular weight excluding hydrogens is 310 g/mol. The van der Waals surface area contributed by atoms with Crippen molar-refractivity contribution in [1.82, 2.24) is 9.78 Å². The van der Waals surface area contributed by atoms with Gasteiger partial charge in [0.1, 0.15) is 4.47 Å². The number of anilines is 1. The van der Waals surface area contributed by atoms with E-state index >= 15 is 0 Å². The van der Waals surface area contributed by atoms with Crippen molar-refractivity contribution in [3.8, 4) is 0 Å². The van der Waals surface area contributed by atoms with Gasteiger partial charge in [-0.15, -0.1) is 0 Å². The lowest BCUT2D eigenvalue weighted by atomic mass is 10.1. The van der Waals surface area contributed by atoms with Crippen LogP contribution in [0.15, 0.2) is 15.5 Å². The average Bonchev–Trinajstić information content (AvgIpc) is 3.18.